The van der Waals surface area contributed by atoms with Gasteiger partial charge < -0.3 is 24.1 Å². The molecule has 0 radical (unpaired) electrons. The lowest BCUT2D eigenvalue weighted by atomic mass is 9.65. The smallest absolute Gasteiger partial charge is 0.324 e. The van der Waals surface area contributed by atoms with E-state index in [2.05, 4.69) is 0 Å². The molecule has 0 aliphatic heterocycles. The van der Waals surface area contributed by atoms with Gasteiger partial charge in [0, 0.05) is 0 Å². The molecule has 1 aromatic rings. The van der Waals surface area contributed by atoms with Crippen LogP contribution in [0.2, 0.25) is 0 Å². The highest BCUT2D eigenvalue weighted by Gasteiger charge is 2.55. The molecule has 2 rings (SSSR count). The first-order chi connectivity index (χ1) is 14.6. The molecule has 0 saturated heterocycles. The second-order valence-corrected chi connectivity index (χ2v) is 10.2. The van der Waals surface area contributed by atoms with Crippen molar-refractivity contribution in [3.63, 3.8) is 0 Å². The van der Waals surface area contributed by atoms with Crippen LogP contribution >= 0.6 is 0 Å². The number of carbonyl (C=O) groups is 3. The average molecular weight is 451 g/mol. The van der Waals surface area contributed by atoms with Crippen molar-refractivity contribution in [3.05, 3.63) is 23.3 Å². The van der Waals surface area contributed by atoms with Gasteiger partial charge in [-0.25, -0.2) is 0 Å². The van der Waals surface area contributed by atoms with Gasteiger partial charge in [-0.3, -0.25) is 14.4 Å². The van der Waals surface area contributed by atoms with Crippen LogP contribution in [-0.4, -0.2) is 48.4 Å². The Kier molecular flexibility index (Phi) is 7.17. The van der Waals surface area contributed by atoms with Gasteiger partial charge >= 0.3 is 17.9 Å². The molecule has 1 aliphatic carbocycles. The molecule has 1 unspecified atom stereocenters. The highest BCUT2D eigenvalue weighted by molar-refractivity contribution is 6.01. The fraction of sp³-hybridized carbons (Fsp3) is 0.625. The summed E-state index contributed by atoms with van der Waals surface area (Å²) in [5.74, 6) is -2.26. The molecular formula is C24H34O8. The van der Waals surface area contributed by atoms with E-state index >= 15 is 0 Å². The first-order valence-electron chi connectivity index (χ1n) is 10.6. The Labute approximate surface area is 189 Å². The molecule has 1 aromatic carbocycles. The zero-order valence-electron chi connectivity index (χ0n) is 20.2. The Hall–Kier alpha value is -2.77. The third-order valence-corrected chi connectivity index (χ3v) is 5.17. The van der Waals surface area contributed by atoms with E-state index in [-0.39, 0.29) is 19.3 Å². The number of aliphatic carboxylic acids is 1. The van der Waals surface area contributed by atoms with Crippen molar-refractivity contribution in [1.82, 2.24) is 0 Å². The fourth-order valence-electron chi connectivity index (χ4n) is 3.94. The van der Waals surface area contributed by atoms with Gasteiger partial charge in [-0.15, -0.1) is 0 Å². The van der Waals surface area contributed by atoms with E-state index < -0.39 is 40.4 Å². The Morgan fingerprint density at radius 2 is 1.41 bits per heavy atom. The third kappa shape index (κ3) is 5.72. The van der Waals surface area contributed by atoms with Gasteiger partial charge in [-0.05, 0) is 83.6 Å². The normalized spacial score (nSPS) is 17.7. The van der Waals surface area contributed by atoms with Crippen molar-refractivity contribution in [2.45, 2.75) is 77.9 Å². The quantitative estimate of drug-likeness (QED) is 0.514. The van der Waals surface area contributed by atoms with Crippen molar-refractivity contribution in [1.29, 1.82) is 0 Å². The van der Waals surface area contributed by atoms with Crippen molar-refractivity contribution in [3.8, 4) is 11.5 Å². The molecule has 1 aliphatic rings. The lowest BCUT2D eigenvalue weighted by Crippen LogP contribution is -2.50. The van der Waals surface area contributed by atoms with Gasteiger partial charge in [0.2, 0.25) is 0 Å². The maximum absolute atomic E-state index is 13.5. The van der Waals surface area contributed by atoms with Crippen LogP contribution in [0.3, 0.4) is 0 Å². The zero-order chi connectivity index (χ0) is 24.5. The number of rotatable bonds is 6. The third-order valence-electron chi connectivity index (χ3n) is 5.17. The fourth-order valence-corrected chi connectivity index (χ4v) is 3.94. The molecule has 0 fully saturated rings. The van der Waals surface area contributed by atoms with Gasteiger partial charge in [0.15, 0.2) is 16.9 Å². The second kappa shape index (κ2) is 9.00. The molecule has 1 N–H and O–H groups in total. The summed E-state index contributed by atoms with van der Waals surface area (Å²) >= 11 is 0. The van der Waals surface area contributed by atoms with Gasteiger partial charge in [0.05, 0.1) is 20.6 Å². The predicted molar refractivity (Wildman–Crippen MR) is 117 cm³/mol. The Morgan fingerprint density at radius 1 is 0.938 bits per heavy atom. The van der Waals surface area contributed by atoms with E-state index in [4.69, 9.17) is 18.9 Å². The zero-order valence-corrected chi connectivity index (χ0v) is 20.2. The second-order valence-electron chi connectivity index (χ2n) is 10.2. The molecule has 32 heavy (non-hydrogen) atoms. The molecule has 178 valence electrons. The van der Waals surface area contributed by atoms with Crippen LogP contribution < -0.4 is 9.47 Å². The molecule has 0 bridgehead atoms. The molecule has 0 saturated carbocycles. The van der Waals surface area contributed by atoms with Crippen LogP contribution in [0.5, 0.6) is 11.5 Å². The minimum absolute atomic E-state index is 0.00261. The molecule has 1 atom stereocenters. The van der Waals surface area contributed by atoms with Crippen molar-refractivity contribution >= 4 is 17.9 Å². The number of methoxy groups -OCH3 is 2. The SMILES string of the molecule is COc1cc2c(cc1OC)C(CC(=O)O)CC(C(=O)OC(C)(C)C)(C(=O)OC(C)(C)C)C2. The van der Waals surface area contributed by atoms with E-state index in [0.29, 0.717) is 22.6 Å². The number of hydrogen-bond donors (Lipinski definition) is 1. The van der Waals surface area contributed by atoms with Gasteiger partial charge in [-0.1, -0.05) is 0 Å². The first kappa shape index (κ1) is 25.5. The van der Waals surface area contributed by atoms with Gasteiger partial charge in [0.1, 0.15) is 11.2 Å². The predicted octanol–water partition coefficient (Wildman–Crippen LogP) is 3.88. The molecule has 8 nitrogen and oxygen atoms in total. The topological polar surface area (TPSA) is 108 Å². The van der Waals surface area contributed by atoms with E-state index in [1.165, 1.54) is 14.2 Å². The summed E-state index contributed by atoms with van der Waals surface area (Å²) in [4.78, 5) is 38.6. The van der Waals surface area contributed by atoms with Crippen LogP contribution in [0, 0.1) is 5.41 Å². The molecular weight excluding hydrogens is 416 g/mol. The van der Waals surface area contributed by atoms with Crippen LogP contribution in [0.4, 0.5) is 0 Å². The summed E-state index contributed by atoms with van der Waals surface area (Å²) in [5.41, 5.74) is -2.05. The van der Waals surface area contributed by atoms with Crippen molar-refractivity contribution in [2.75, 3.05) is 14.2 Å². The number of carboxylic acid groups (broad SMARTS) is 1. The monoisotopic (exact) mass is 450 g/mol. The maximum atomic E-state index is 13.5. The highest BCUT2D eigenvalue weighted by Crippen LogP contribution is 2.49. The number of ether oxygens (including phenoxy) is 4. The molecule has 0 heterocycles. The van der Waals surface area contributed by atoms with E-state index in [1.807, 2.05) is 0 Å². The lowest BCUT2D eigenvalue weighted by molar-refractivity contribution is -0.187. The summed E-state index contributed by atoms with van der Waals surface area (Å²) in [7, 11) is 2.97. The van der Waals surface area contributed by atoms with Crippen LogP contribution in [0.1, 0.15) is 71.4 Å². The van der Waals surface area contributed by atoms with E-state index in [0.717, 1.165) is 0 Å². The number of fused-ring (bicyclic) bond motifs is 1. The van der Waals surface area contributed by atoms with Crippen LogP contribution in [0.25, 0.3) is 0 Å². The Balaban J connectivity index is 2.70. The first-order valence-corrected chi connectivity index (χ1v) is 10.6. The minimum Gasteiger partial charge on any atom is -0.493 e. The standard InChI is InChI=1S/C24H34O8/c1-22(2,3)31-20(27)24(21(28)32-23(4,5)6)12-14-9-17(29-7)18(30-8)11-16(14)15(13-24)10-19(25)26/h9,11,15H,10,12-13H2,1-8H3,(H,25,26). The van der Waals surface area contributed by atoms with E-state index in [9.17, 15) is 19.5 Å². The summed E-state index contributed by atoms with van der Waals surface area (Å²) in [5, 5.41) is 9.55. The number of benzene rings is 1. The lowest BCUT2D eigenvalue weighted by Gasteiger charge is -2.40. The number of carboxylic acids is 1. The van der Waals surface area contributed by atoms with Gasteiger partial charge in [-0.2, -0.15) is 0 Å². The molecule has 0 aromatic heterocycles. The van der Waals surface area contributed by atoms with Crippen molar-refractivity contribution in [2.24, 2.45) is 5.41 Å². The van der Waals surface area contributed by atoms with E-state index in [1.54, 1.807) is 53.7 Å². The minimum atomic E-state index is -1.69. The Morgan fingerprint density at radius 3 is 1.81 bits per heavy atom. The summed E-state index contributed by atoms with van der Waals surface area (Å²) in [6.45, 7) is 10.3. The molecule has 0 spiro atoms. The highest BCUT2D eigenvalue weighted by atomic mass is 16.6. The summed E-state index contributed by atoms with van der Waals surface area (Å²) in [6, 6.07) is 3.40. The van der Waals surface area contributed by atoms with Crippen molar-refractivity contribution < 1.29 is 38.4 Å². The number of carbonyl (C=O) groups excluding carboxylic acids is 2. The summed E-state index contributed by atoms with van der Waals surface area (Å²) in [6.07, 6.45) is -0.315. The molecule has 0 amide bonds. The van der Waals surface area contributed by atoms with Gasteiger partial charge in [0.25, 0.3) is 0 Å². The Bertz CT molecular complexity index is 860. The number of esters is 2. The number of hydrogen-bond acceptors (Lipinski definition) is 7. The summed E-state index contributed by atoms with van der Waals surface area (Å²) < 4.78 is 22.1. The van der Waals surface area contributed by atoms with Crippen LogP contribution in [-0.2, 0) is 30.3 Å². The maximum Gasteiger partial charge on any atom is 0.324 e. The largest absolute Gasteiger partial charge is 0.493 e. The molecule has 8 heteroatoms. The van der Waals surface area contributed by atoms with Crippen LogP contribution in [0.15, 0.2) is 12.1 Å². The average Bonchev–Trinajstić information content (AvgIpc) is 2.63.